The number of anilines is 2. The van der Waals surface area contributed by atoms with Crippen molar-refractivity contribution in [2.24, 2.45) is 7.05 Å². The summed E-state index contributed by atoms with van der Waals surface area (Å²) in [4.78, 5) is 1.44. The molecule has 3 rings (SSSR count). The Kier molecular flexibility index (Phi) is 3.54. The van der Waals surface area contributed by atoms with Crippen LogP contribution in [-0.2, 0) is 7.05 Å². The molecule has 1 aliphatic carbocycles. The molecule has 1 aromatic carbocycles. The van der Waals surface area contributed by atoms with Gasteiger partial charge in [-0.05, 0) is 36.3 Å². The van der Waals surface area contributed by atoms with E-state index < -0.39 is 0 Å². The topological polar surface area (TPSA) is 81.7 Å². The Morgan fingerprint density at radius 1 is 1.25 bits per heavy atom. The third kappa shape index (κ3) is 2.74. The lowest BCUT2D eigenvalue weighted by molar-refractivity contribution is 0.463. The predicted octanol–water partition coefficient (Wildman–Crippen LogP) is 2.20. The second-order valence-corrected chi connectivity index (χ2v) is 5.38. The number of nitrogens with two attached hydrogens (primary N) is 1. The zero-order valence-electron chi connectivity index (χ0n) is 11.7. The first-order chi connectivity index (χ1) is 9.72. The number of tetrazole rings is 1. The highest BCUT2D eigenvalue weighted by Gasteiger charge is 2.14. The van der Waals surface area contributed by atoms with E-state index >= 15 is 0 Å². The summed E-state index contributed by atoms with van der Waals surface area (Å²) in [5.41, 5.74) is 8.77. The molecule has 106 valence electrons. The summed E-state index contributed by atoms with van der Waals surface area (Å²) in [6, 6.07) is 6.45. The Morgan fingerprint density at radius 2 is 2.05 bits per heavy atom. The van der Waals surface area contributed by atoms with Gasteiger partial charge in [0.05, 0.1) is 18.4 Å². The van der Waals surface area contributed by atoms with E-state index in [4.69, 9.17) is 5.73 Å². The fraction of sp³-hybridized carbons (Fsp3) is 0.500. The summed E-state index contributed by atoms with van der Waals surface area (Å²) >= 11 is 0. The molecule has 20 heavy (non-hydrogen) atoms. The molecule has 1 saturated carbocycles. The summed E-state index contributed by atoms with van der Waals surface area (Å²) in [5.74, 6) is 0.600. The molecule has 0 atom stereocenters. The Labute approximate surface area is 118 Å². The minimum absolute atomic E-state index is 0.548. The molecule has 6 heteroatoms. The smallest absolute Gasteiger partial charge is 0.204 e. The summed E-state index contributed by atoms with van der Waals surface area (Å²) in [5, 5.41) is 15.6. The number of nitrogens with zero attached hydrogens (tertiary/aromatic N) is 4. The van der Waals surface area contributed by atoms with E-state index in [1.807, 2.05) is 18.2 Å². The maximum Gasteiger partial charge on any atom is 0.204 e. The molecule has 0 bridgehead atoms. The van der Waals surface area contributed by atoms with Gasteiger partial charge in [-0.25, -0.2) is 0 Å². The lowest BCUT2D eigenvalue weighted by Gasteiger charge is -2.24. The van der Waals surface area contributed by atoms with Crippen LogP contribution in [0.4, 0.5) is 11.4 Å². The highest BCUT2D eigenvalue weighted by Crippen LogP contribution is 2.28. The molecule has 1 fully saturated rings. The highest BCUT2D eigenvalue weighted by atomic mass is 15.6. The minimum atomic E-state index is 0.548. The van der Waals surface area contributed by atoms with Gasteiger partial charge in [0.15, 0.2) is 0 Å². The summed E-state index contributed by atoms with van der Waals surface area (Å²) in [6.07, 6.45) is 6.42. The molecule has 1 aliphatic rings. The van der Waals surface area contributed by atoms with E-state index in [-0.39, 0.29) is 0 Å². The molecule has 1 aromatic heterocycles. The number of hydrogen-bond acceptors (Lipinski definition) is 5. The van der Waals surface area contributed by atoms with Gasteiger partial charge < -0.3 is 11.1 Å². The van der Waals surface area contributed by atoms with E-state index in [9.17, 15) is 0 Å². The van der Waals surface area contributed by atoms with E-state index in [0.29, 0.717) is 11.9 Å². The first-order valence-corrected chi connectivity index (χ1v) is 7.13. The van der Waals surface area contributed by atoms with Crippen LogP contribution in [0.2, 0.25) is 0 Å². The molecule has 0 saturated heterocycles. The summed E-state index contributed by atoms with van der Waals surface area (Å²) < 4.78 is 0. The van der Waals surface area contributed by atoms with Crippen LogP contribution < -0.4 is 11.1 Å². The Hall–Kier alpha value is -2.11. The zero-order chi connectivity index (χ0) is 13.9. The first kappa shape index (κ1) is 12.9. The van der Waals surface area contributed by atoms with Crippen molar-refractivity contribution >= 4 is 11.4 Å². The van der Waals surface area contributed by atoms with Crippen LogP contribution in [-0.4, -0.2) is 26.2 Å². The molecule has 3 N–H and O–H groups in total. The van der Waals surface area contributed by atoms with Crippen molar-refractivity contribution in [1.82, 2.24) is 20.2 Å². The van der Waals surface area contributed by atoms with Crippen LogP contribution in [0.15, 0.2) is 18.2 Å². The second kappa shape index (κ2) is 5.48. The number of nitrogens with one attached hydrogen (secondary N) is 1. The third-order valence-corrected chi connectivity index (χ3v) is 3.78. The first-order valence-electron chi connectivity index (χ1n) is 7.13. The maximum atomic E-state index is 6.14. The number of benzene rings is 1. The molecule has 0 spiro atoms. The van der Waals surface area contributed by atoms with Crippen molar-refractivity contribution in [3.05, 3.63) is 18.2 Å². The molecule has 6 nitrogen and oxygen atoms in total. The Morgan fingerprint density at radius 3 is 2.70 bits per heavy atom. The zero-order valence-corrected chi connectivity index (χ0v) is 11.7. The third-order valence-electron chi connectivity index (χ3n) is 3.78. The fourth-order valence-corrected chi connectivity index (χ4v) is 2.70. The summed E-state index contributed by atoms with van der Waals surface area (Å²) in [6.45, 7) is 0. The van der Waals surface area contributed by atoms with Gasteiger partial charge in [0.2, 0.25) is 5.82 Å². The molecule has 0 aliphatic heterocycles. The van der Waals surface area contributed by atoms with Crippen molar-refractivity contribution < 1.29 is 0 Å². The van der Waals surface area contributed by atoms with Gasteiger partial charge >= 0.3 is 0 Å². The molecule has 0 amide bonds. The van der Waals surface area contributed by atoms with E-state index in [1.54, 1.807) is 7.05 Å². The number of rotatable bonds is 3. The van der Waals surface area contributed by atoms with Gasteiger partial charge in [0.1, 0.15) is 0 Å². The fourth-order valence-electron chi connectivity index (χ4n) is 2.70. The summed E-state index contributed by atoms with van der Waals surface area (Å²) in [7, 11) is 1.75. The standard InChI is InChI=1S/C14H20N6/c1-20-18-14(17-19-20)10-7-8-13(12(15)9-10)16-11-5-3-2-4-6-11/h7-9,11,16H,2-6,15H2,1H3. The lowest BCUT2D eigenvalue weighted by atomic mass is 9.95. The largest absolute Gasteiger partial charge is 0.397 e. The van der Waals surface area contributed by atoms with Gasteiger partial charge in [-0.2, -0.15) is 4.80 Å². The molecule has 1 heterocycles. The number of hydrogen-bond donors (Lipinski definition) is 2. The second-order valence-electron chi connectivity index (χ2n) is 5.38. The molecule has 0 unspecified atom stereocenters. The predicted molar refractivity (Wildman–Crippen MR) is 79.1 cm³/mol. The quantitative estimate of drug-likeness (QED) is 0.837. The average Bonchev–Trinajstić information content (AvgIpc) is 2.89. The van der Waals surface area contributed by atoms with E-state index in [0.717, 1.165) is 16.9 Å². The Bertz CT molecular complexity index is 585. The molecule has 0 radical (unpaired) electrons. The lowest BCUT2D eigenvalue weighted by Crippen LogP contribution is -2.22. The average molecular weight is 272 g/mol. The van der Waals surface area contributed by atoms with Crippen molar-refractivity contribution in [2.75, 3.05) is 11.1 Å². The monoisotopic (exact) mass is 272 g/mol. The van der Waals surface area contributed by atoms with Crippen LogP contribution in [0.25, 0.3) is 11.4 Å². The van der Waals surface area contributed by atoms with Gasteiger partial charge in [0, 0.05) is 11.6 Å². The van der Waals surface area contributed by atoms with Crippen LogP contribution in [0, 0.1) is 0 Å². The van der Waals surface area contributed by atoms with Gasteiger partial charge in [-0.3, -0.25) is 0 Å². The molecular weight excluding hydrogens is 252 g/mol. The minimum Gasteiger partial charge on any atom is -0.397 e. The van der Waals surface area contributed by atoms with Crippen molar-refractivity contribution in [1.29, 1.82) is 0 Å². The SMILES string of the molecule is Cn1nnc(-c2ccc(NC3CCCCC3)c(N)c2)n1. The van der Waals surface area contributed by atoms with Crippen LogP contribution in [0.5, 0.6) is 0 Å². The number of aryl methyl sites for hydroxylation is 1. The normalized spacial score (nSPS) is 16.2. The van der Waals surface area contributed by atoms with Crippen molar-refractivity contribution in [2.45, 2.75) is 38.1 Å². The van der Waals surface area contributed by atoms with E-state index in [1.165, 1.54) is 36.9 Å². The molecule has 2 aromatic rings. The van der Waals surface area contributed by atoms with E-state index in [2.05, 4.69) is 20.7 Å². The van der Waals surface area contributed by atoms with Gasteiger partial charge in [-0.1, -0.05) is 19.3 Å². The number of aromatic nitrogens is 4. The van der Waals surface area contributed by atoms with Gasteiger partial charge in [0.25, 0.3) is 0 Å². The van der Waals surface area contributed by atoms with Crippen LogP contribution in [0.1, 0.15) is 32.1 Å². The maximum absolute atomic E-state index is 6.14. The number of nitrogen functional groups attached to an aromatic ring is 1. The van der Waals surface area contributed by atoms with Crippen LogP contribution >= 0.6 is 0 Å². The molecular formula is C14H20N6. The van der Waals surface area contributed by atoms with Crippen molar-refractivity contribution in [3.8, 4) is 11.4 Å². The Balaban J connectivity index is 1.76. The van der Waals surface area contributed by atoms with Crippen LogP contribution in [0.3, 0.4) is 0 Å². The highest BCUT2D eigenvalue weighted by molar-refractivity contribution is 5.73. The van der Waals surface area contributed by atoms with Gasteiger partial charge in [-0.15, -0.1) is 10.2 Å². The van der Waals surface area contributed by atoms with Crippen molar-refractivity contribution in [3.63, 3.8) is 0 Å².